The van der Waals surface area contributed by atoms with Crippen LogP contribution < -0.4 is 5.73 Å². The summed E-state index contributed by atoms with van der Waals surface area (Å²) < 4.78 is 18.6. The second kappa shape index (κ2) is 6.68. The predicted molar refractivity (Wildman–Crippen MR) is 77.7 cm³/mol. The Labute approximate surface area is 119 Å². The van der Waals surface area contributed by atoms with Crippen molar-refractivity contribution in [3.63, 3.8) is 0 Å². The third kappa shape index (κ3) is 3.92. The Bertz CT molecular complexity index is 539. The molecule has 20 heavy (non-hydrogen) atoms. The molecule has 0 bridgehead atoms. The van der Waals surface area contributed by atoms with Gasteiger partial charge in [0.15, 0.2) is 0 Å². The second-order valence-electron chi connectivity index (χ2n) is 5.27. The highest BCUT2D eigenvalue weighted by atomic mass is 19.1. The summed E-state index contributed by atoms with van der Waals surface area (Å²) in [7, 11) is 2.04. The Morgan fingerprint density at radius 1 is 1.35 bits per heavy atom. The number of nitrogens with two attached hydrogens (primary N) is 1. The molecule has 1 atom stereocenters. The quantitative estimate of drug-likeness (QED) is 0.880. The van der Waals surface area contributed by atoms with E-state index in [1.165, 1.54) is 6.07 Å². The van der Waals surface area contributed by atoms with E-state index in [0.717, 1.165) is 30.6 Å². The summed E-state index contributed by atoms with van der Waals surface area (Å²) in [6.07, 6.45) is 4.20. The van der Waals surface area contributed by atoms with Crippen molar-refractivity contribution in [1.29, 1.82) is 0 Å². The normalized spacial score (nSPS) is 12.8. The molecule has 108 valence electrons. The third-order valence-corrected chi connectivity index (χ3v) is 3.48. The highest BCUT2D eigenvalue weighted by molar-refractivity contribution is 5.25. The average molecular weight is 276 g/mol. The van der Waals surface area contributed by atoms with Crippen LogP contribution in [0.1, 0.15) is 29.2 Å². The van der Waals surface area contributed by atoms with Crippen molar-refractivity contribution in [2.75, 3.05) is 13.6 Å². The molecule has 0 saturated heterocycles. The van der Waals surface area contributed by atoms with Gasteiger partial charge >= 0.3 is 0 Å². The van der Waals surface area contributed by atoms with Crippen molar-refractivity contribution >= 4 is 0 Å². The number of benzene rings is 1. The standard InChI is InChI=1S/C16H21FN2O/c1-12-3-4-14(9-15(12)17)16(18)5-7-19(2)10-13-6-8-20-11-13/h3-4,6,8-9,11,16H,5,7,10,18H2,1-2H3. The number of halogens is 1. The number of furan rings is 1. The maximum Gasteiger partial charge on any atom is 0.126 e. The molecule has 0 aliphatic heterocycles. The largest absolute Gasteiger partial charge is 0.472 e. The molecule has 1 aromatic heterocycles. The second-order valence-corrected chi connectivity index (χ2v) is 5.27. The smallest absolute Gasteiger partial charge is 0.126 e. The van der Waals surface area contributed by atoms with E-state index in [4.69, 9.17) is 10.2 Å². The molecule has 0 aliphatic rings. The lowest BCUT2D eigenvalue weighted by atomic mass is 10.0. The van der Waals surface area contributed by atoms with Gasteiger partial charge in [0.05, 0.1) is 12.5 Å². The first-order valence-electron chi connectivity index (χ1n) is 6.77. The van der Waals surface area contributed by atoms with Crippen LogP contribution in [0.5, 0.6) is 0 Å². The third-order valence-electron chi connectivity index (χ3n) is 3.48. The Morgan fingerprint density at radius 2 is 2.15 bits per heavy atom. The SMILES string of the molecule is Cc1ccc(C(N)CCN(C)Cc2ccoc2)cc1F. The van der Waals surface area contributed by atoms with Gasteiger partial charge in [0.1, 0.15) is 5.82 Å². The van der Waals surface area contributed by atoms with Gasteiger partial charge in [-0.15, -0.1) is 0 Å². The summed E-state index contributed by atoms with van der Waals surface area (Å²) in [6, 6.07) is 7.03. The van der Waals surface area contributed by atoms with Crippen molar-refractivity contribution in [2.24, 2.45) is 5.73 Å². The van der Waals surface area contributed by atoms with Crippen LogP contribution in [-0.2, 0) is 6.54 Å². The summed E-state index contributed by atoms with van der Waals surface area (Å²) in [5.74, 6) is -0.190. The minimum atomic E-state index is -0.190. The fourth-order valence-electron chi connectivity index (χ4n) is 2.14. The van der Waals surface area contributed by atoms with Gasteiger partial charge in [0.25, 0.3) is 0 Å². The van der Waals surface area contributed by atoms with Crippen molar-refractivity contribution in [3.8, 4) is 0 Å². The van der Waals surface area contributed by atoms with Crippen LogP contribution in [0, 0.1) is 12.7 Å². The predicted octanol–water partition coefficient (Wildman–Crippen LogP) is 3.25. The highest BCUT2D eigenvalue weighted by Crippen LogP contribution is 2.18. The molecule has 0 fully saturated rings. The molecule has 0 saturated carbocycles. The summed E-state index contributed by atoms with van der Waals surface area (Å²) in [6.45, 7) is 3.43. The van der Waals surface area contributed by atoms with Gasteiger partial charge in [-0.3, -0.25) is 0 Å². The summed E-state index contributed by atoms with van der Waals surface area (Å²) in [4.78, 5) is 2.18. The Kier molecular flexibility index (Phi) is 4.93. The molecule has 3 nitrogen and oxygen atoms in total. The maximum absolute atomic E-state index is 13.5. The number of aryl methyl sites for hydroxylation is 1. The van der Waals surface area contributed by atoms with Crippen LogP contribution in [0.25, 0.3) is 0 Å². The minimum Gasteiger partial charge on any atom is -0.472 e. The van der Waals surface area contributed by atoms with Crippen LogP contribution in [0.2, 0.25) is 0 Å². The number of nitrogens with zero attached hydrogens (tertiary/aromatic N) is 1. The molecule has 1 aromatic carbocycles. The van der Waals surface area contributed by atoms with Gasteiger partial charge in [-0.2, -0.15) is 0 Å². The number of hydrogen-bond donors (Lipinski definition) is 1. The van der Waals surface area contributed by atoms with Crippen LogP contribution in [0.4, 0.5) is 4.39 Å². The lowest BCUT2D eigenvalue weighted by Crippen LogP contribution is -2.23. The summed E-state index contributed by atoms with van der Waals surface area (Å²) in [5, 5.41) is 0. The lowest BCUT2D eigenvalue weighted by Gasteiger charge is -2.19. The van der Waals surface area contributed by atoms with Crippen molar-refractivity contribution in [2.45, 2.75) is 25.9 Å². The molecule has 1 heterocycles. The lowest BCUT2D eigenvalue weighted by molar-refractivity contribution is 0.310. The van der Waals surface area contributed by atoms with Gasteiger partial charge < -0.3 is 15.1 Å². The molecule has 1 unspecified atom stereocenters. The molecule has 4 heteroatoms. The van der Waals surface area contributed by atoms with Crippen LogP contribution >= 0.6 is 0 Å². The molecule has 2 rings (SSSR count). The summed E-state index contributed by atoms with van der Waals surface area (Å²) in [5.41, 5.74) is 8.77. The highest BCUT2D eigenvalue weighted by Gasteiger charge is 2.10. The van der Waals surface area contributed by atoms with Gasteiger partial charge in [-0.1, -0.05) is 12.1 Å². The van der Waals surface area contributed by atoms with E-state index in [0.29, 0.717) is 5.56 Å². The Balaban J connectivity index is 1.85. The van der Waals surface area contributed by atoms with Gasteiger partial charge in [-0.05, 0) is 50.2 Å². The Hall–Kier alpha value is -1.65. The van der Waals surface area contributed by atoms with Crippen molar-refractivity contribution in [1.82, 2.24) is 4.90 Å². The van der Waals surface area contributed by atoms with E-state index in [9.17, 15) is 4.39 Å². The van der Waals surface area contributed by atoms with Crippen molar-refractivity contribution in [3.05, 3.63) is 59.3 Å². The molecule has 2 aromatic rings. The van der Waals surface area contributed by atoms with E-state index >= 15 is 0 Å². The zero-order valence-corrected chi connectivity index (χ0v) is 12.0. The number of rotatable bonds is 6. The fourth-order valence-corrected chi connectivity index (χ4v) is 2.14. The molecule has 2 N–H and O–H groups in total. The topological polar surface area (TPSA) is 42.4 Å². The van der Waals surface area contributed by atoms with E-state index in [1.54, 1.807) is 25.5 Å². The maximum atomic E-state index is 13.5. The van der Waals surface area contributed by atoms with Gasteiger partial charge in [-0.25, -0.2) is 4.39 Å². The van der Waals surface area contributed by atoms with Gasteiger partial charge in [0.2, 0.25) is 0 Å². The van der Waals surface area contributed by atoms with Gasteiger partial charge in [0, 0.05) is 18.2 Å². The van der Waals surface area contributed by atoms with Crippen LogP contribution in [0.3, 0.4) is 0 Å². The zero-order valence-electron chi connectivity index (χ0n) is 12.0. The molecule has 0 radical (unpaired) electrons. The molecule has 0 aliphatic carbocycles. The number of hydrogen-bond acceptors (Lipinski definition) is 3. The average Bonchev–Trinajstić information content (AvgIpc) is 2.92. The summed E-state index contributed by atoms with van der Waals surface area (Å²) >= 11 is 0. The van der Waals surface area contributed by atoms with Crippen molar-refractivity contribution < 1.29 is 8.81 Å². The molecule has 0 amide bonds. The molecule has 0 spiro atoms. The van der Waals surface area contributed by atoms with Crippen LogP contribution in [-0.4, -0.2) is 18.5 Å². The minimum absolute atomic E-state index is 0.142. The molecular weight excluding hydrogens is 255 g/mol. The first-order chi connectivity index (χ1) is 9.56. The first kappa shape index (κ1) is 14.8. The van der Waals surface area contributed by atoms with E-state index < -0.39 is 0 Å². The fraction of sp³-hybridized carbons (Fsp3) is 0.375. The van der Waals surface area contributed by atoms with Crippen LogP contribution in [0.15, 0.2) is 41.2 Å². The van der Waals surface area contributed by atoms with E-state index in [-0.39, 0.29) is 11.9 Å². The Morgan fingerprint density at radius 3 is 2.80 bits per heavy atom. The van der Waals surface area contributed by atoms with E-state index in [2.05, 4.69) is 4.90 Å². The first-order valence-corrected chi connectivity index (χ1v) is 6.77. The van der Waals surface area contributed by atoms with E-state index in [1.807, 2.05) is 19.2 Å². The monoisotopic (exact) mass is 276 g/mol. The zero-order chi connectivity index (χ0) is 14.5. The molecular formula is C16H21FN2O.